The Morgan fingerprint density at radius 2 is 1.76 bits per heavy atom. The summed E-state index contributed by atoms with van der Waals surface area (Å²) in [6, 6.07) is 7.62. The SMILES string of the molecule is CN(C)CCn1nc(N2C(=O)C=CC2=O)c2ccccc21. The zero-order valence-electron chi connectivity index (χ0n) is 12.0. The zero-order chi connectivity index (χ0) is 15.0. The molecule has 2 aromatic rings. The molecule has 21 heavy (non-hydrogen) atoms. The van der Waals surface area contributed by atoms with E-state index >= 15 is 0 Å². The third-order valence-corrected chi connectivity index (χ3v) is 3.42. The smallest absolute Gasteiger partial charge is 0.259 e. The summed E-state index contributed by atoms with van der Waals surface area (Å²) < 4.78 is 1.84. The molecular weight excluding hydrogens is 268 g/mol. The molecular formula is C15H16N4O2. The minimum Gasteiger partial charge on any atom is -0.308 e. The molecule has 6 nitrogen and oxygen atoms in total. The monoisotopic (exact) mass is 284 g/mol. The van der Waals surface area contributed by atoms with Crippen LogP contribution in [-0.2, 0) is 16.1 Å². The average Bonchev–Trinajstić information content (AvgIpc) is 2.97. The fraction of sp³-hybridized carbons (Fsp3) is 0.267. The Morgan fingerprint density at radius 3 is 2.43 bits per heavy atom. The Morgan fingerprint density at radius 1 is 1.10 bits per heavy atom. The maximum Gasteiger partial charge on any atom is 0.259 e. The van der Waals surface area contributed by atoms with E-state index in [4.69, 9.17) is 0 Å². The number of likely N-dealkylation sites (N-methyl/N-ethyl adjacent to an activating group) is 1. The third-order valence-electron chi connectivity index (χ3n) is 3.42. The first-order valence-corrected chi connectivity index (χ1v) is 6.74. The van der Waals surface area contributed by atoms with Crippen molar-refractivity contribution in [1.29, 1.82) is 0 Å². The molecule has 108 valence electrons. The molecule has 2 heterocycles. The van der Waals surface area contributed by atoms with Crippen molar-refractivity contribution < 1.29 is 9.59 Å². The van der Waals surface area contributed by atoms with Crippen LogP contribution in [0.5, 0.6) is 0 Å². The molecule has 1 aliphatic rings. The highest BCUT2D eigenvalue weighted by molar-refractivity contribution is 6.29. The van der Waals surface area contributed by atoms with E-state index in [0.29, 0.717) is 12.4 Å². The number of nitrogens with zero attached hydrogens (tertiary/aromatic N) is 4. The van der Waals surface area contributed by atoms with Crippen molar-refractivity contribution in [3.05, 3.63) is 36.4 Å². The van der Waals surface area contributed by atoms with Crippen LogP contribution in [-0.4, -0.2) is 47.1 Å². The van der Waals surface area contributed by atoms with E-state index in [9.17, 15) is 9.59 Å². The Labute approximate surface area is 122 Å². The molecule has 6 heteroatoms. The van der Waals surface area contributed by atoms with E-state index in [1.807, 2.05) is 43.0 Å². The molecule has 2 amide bonds. The summed E-state index contributed by atoms with van der Waals surface area (Å²) in [5, 5.41) is 5.29. The quantitative estimate of drug-likeness (QED) is 0.787. The number of anilines is 1. The van der Waals surface area contributed by atoms with Crippen LogP contribution < -0.4 is 4.90 Å². The van der Waals surface area contributed by atoms with Crippen LogP contribution in [0, 0.1) is 0 Å². The van der Waals surface area contributed by atoms with Crippen LogP contribution in [0.25, 0.3) is 10.9 Å². The topological polar surface area (TPSA) is 58.4 Å². The van der Waals surface area contributed by atoms with Gasteiger partial charge in [0, 0.05) is 24.1 Å². The number of para-hydroxylation sites is 1. The van der Waals surface area contributed by atoms with Crippen LogP contribution in [0.4, 0.5) is 5.82 Å². The van der Waals surface area contributed by atoms with E-state index in [-0.39, 0.29) is 11.8 Å². The van der Waals surface area contributed by atoms with Gasteiger partial charge in [0.2, 0.25) is 0 Å². The first-order chi connectivity index (χ1) is 10.1. The Kier molecular flexibility index (Phi) is 3.31. The van der Waals surface area contributed by atoms with Gasteiger partial charge in [-0.1, -0.05) is 12.1 Å². The zero-order valence-corrected chi connectivity index (χ0v) is 12.0. The highest BCUT2D eigenvalue weighted by atomic mass is 16.2. The fourth-order valence-electron chi connectivity index (χ4n) is 2.35. The van der Waals surface area contributed by atoms with Crippen molar-refractivity contribution in [3.63, 3.8) is 0 Å². The highest BCUT2D eigenvalue weighted by Crippen LogP contribution is 2.28. The molecule has 0 aliphatic carbocycles. The first kappa shape index (κ1) is 13.5. The second kappa shape index (κ2) is 5.14. The number of hydrogen-bond acceptors (Lipinski definition) is 4. The number of hydrogen-bond donors (Lipinski definition) is 0. The molecule has 0 bridgehead atoms. The number of imide groups is 1. The van der Waals surface area contributed by atoms with Gasteiger partial charge in [0.05, 0.1) is 12.1 Å². The Hall–Kier alpha value is -2.47. The number of carbonyl (C=O) groups excluding carboxylic acids is 2. The summed E-state index contributed by atoms with van der Waals surface area (Å²) in [6.45, 7) is 1.52. The standard InChI is InChI=1S/C15H16N4O2/c1-17(2)9-10-18-12-6-4-3-5-11(12)15(16-18)19-13(20)7-8-14(19)21/h3-8H,9-10H2,1-2H3. The van der Waals surface area contributed by atoms with E-state index in [1.165, 1.54) is 12.2 Å². The van der Waals surface area contributed by atoms with Crippen molar-refractivity contribution in [3.8, 4) is 0 Å². The van der Waals surface area contributed by atoms with Gasteiger partial charge in [-0.05, 0) is 26.2 Å². The summed E-state index contributed by atoms with van der Waals surface area (Å²) in [4.78, 5) is 26.9. The molecule has 0 spiro atoms. The van der Waals surface area contributed by atoms with Crippen molar-refractivity contribution in [1.82, 2.24) is 14.7 Å². The lowest BCUT2D eigenvalue weighted by molar-refractivity contribution is -0.120. The van der Waals surface area contributed by atoms with Gasteiger partial charge >= 0.3 is 0 Å². The molecule has 0 saturated carbocycles. The predicted octanol–water partition coefficient (Wildman–Crippen LogP) is 1.03. The molecule has 1 aromatic carbocycles. The Balaban J connectivity index is 2.07. The second-order valence-corrected chi connectivity index (χ2v) is 5.21. The predicted molar refractivity (Wildman–Crippen MR) is 79.9 cm³/mol. The van der Waals surface area contributed by atoms with Crippen LogP contribution in [0.15, 0.2) is 36.4 Å². The minimum atomic E-state index is -0.344. The number of amides is 2. The maximum absolute atomic E-state index is 11.9. The fourth-order valence-corrected chi connectivity index (χ4v) is 2.35. The Bertz CT molecular complexity index is 727. The number of rotatable bonds is 4. The highest BCUT2D eigenvalue weighted by Gasteiger charge is 2.29. The third kappa shape index (κ3) is 2.34. The van der Waals surface area contributed by atoms with E-state index < -0.39 is 0 Å². The summed E-state index contributed by atoms with van der Waals surface area (Å²) in [5.41, 5.74) is 0.918. The van der Waals surface area contributed by atoms with Gasteiger partial charge in [-0.25, -0.2) is 4.90 Å². The van der Waals surface area contributed by atoms with Crippen molar-refractivity contribution in [2.45, 2.75) is 6.54 Å². The van der Waals surface area contributed by atoms with Gasteiger partial charge in [0.15, 0.2) is 5.82 Å². The van der Waals surface area contributed by atoms with Crippen LogP contribution in [0.1, 0.15) is 0 Å². The van der Waals surface area contributed by atoms with Gasteiger partial charge in [0.1, 0.15) is 0 Å². The summed E-state index contributed by atoms with van der Waals surface area (Å²) >= 11 is 0. The number of benzene rings is 1. The van der Waals surface area contributed by atoms with Gasteiger partial charge in [-0.15, -0.1) is 0 Å². The molecule has 0 saturated heterocycles. The van der Waals surface area contributed by atoms with E-state index in [2.05, 4.69) is 10.00 Å². The average molecular weight is 284 g/mol. The lowest BCUT2D eigenvalue weighted by Crippen LogP contribution is -2.30. The first-order valence-electron chi connectivity index (χ1n) is 6.74. The molecule has 1 aliphatic heterocycles. The molecule has 0 unspecified atom stereocenters. The number of aromatic nitrogens is 2. The molecule has 3 rings (SSSR count). The molecule has 0 atom stereocenters. The summed E-state index contributed by atoms with van der Waals surface area (Å²) in [5.74, 6) is -0.282. The summed E-state index contributed by atoms with van der Waals surface area (Å²) in [7, 11) is 3.98. The van der Waals surface area contributed by atoms with Gasteiger partial charge in [-0.3, -0.25) is 14.3 Å². The lowest BCUT2D eigenvalue weighted by Gasteiger charge is -2.11. The lowest BCUT2D eigenvalue weighted by atomic mass is 10.2. The molecule has 1 aromatic heterocycles. The number of carbonyl (C=O) groups is 2. The van der Waals surface area contributed by atoms with Crippen LogP contribution in [0.3, 0.4) is 0 Å². The van der Waals surface area contributed by atoms with Crippen molar-refractivity contribution in [2.75, 3.05) is 25.5 Å². The van der Waals surface area contributed by atoms with Crippen LogP contribution in [0.2, 0.25) is 0 Å². The summed E-state index contributed by atoms with van der Waals surface area (Å²) in [6.07, 6.45) is 2.55. The van der Waals surface area contributed by atoms with Crippen molar-refractivity contribution in [2.24, 2.45) is 0 Å². The number of fused-ring (bicyclic) bond motifs is 1. The normalized spacial score (nSPS) is 14.9. The maximum atomic E-state index is 11.9. The van der Waals surface area contributed by atoms with Crippen molar-refractivity contribution >= 4 is 28.5 Å². The second-order valence-electron chi connectivity index (χ2n) is 5.21. The van der Waals surface area contributed by atoms with Gasteiger partial charge in [0.25, 0.3) is 11.8 Å². The van der Waals surface area contributed by atoms with Gasteiger partial charge in [-0.2, -0.15) is 5.10 Å². The molecule has 0 radical (unpaired) electrons. The van der Waals surface area contributed by atoms with Crippen LogP contribution >= 0.6 is 0 Å². The van der Waals surface area contributed by atoms with Gasteiger partial charge < -0.3 is 4.90 Å². The van der Waals surface area contributed by atoms with E-state index in [0.717, 1.165) is 22.3 Å². The largest absolute Gasteiger partial charge is 0.308 e. The minimum absolute atomic E-state index is 0.344. The molecule has 0 fully saturated rings. The van der Waals surface area contributed by atoms with E-state index in [1.54, 1.807) is 0 Å². The molecule has 0 N–H and O–H groups in total.